The van der Waals surface area contributed by atoms with Gasteiger partial charge in [-0.1, -0.05) is 0 Å². The lowest BCUT2D eigenvalue weighted by molar-refractivity contribution is -0.121. The number of thiazole rings is 1. The van der Waals surface area contributed by atoms with E-state index in [0.29, 0.717) is 53.9 Å². The average molecular weight is 603 g/mol. The molecule has 3 aliphatic heterocycles. The molecule has 14 heteroatoms. The van der Waals surface area contributed by atoms with E-state index in [4.69, 9.17) is 0 Å². The van der Waals surface area contributed by atoms with Gasteiger partial charge in [0.05, 0.1) is 18.6 Å². The van der Waals surface area contributed by atoms with Crippen molar-refractivity contribution in [3.63, 3.8) is 0 Å². The molecule has 220 valence electrons. The summed E-state index contributed by atoms with van der Waals surface area (Å²) in [5.41, 5.74) is 2.96. The van der Waals surface area contributed by atoms with E-state index < -0.39 is 29.8 Å². The summed E-state index contributed by atoms with van der Waals surface area (Å²) in [7, 11) is 0. The summed E-state index contributed by atoms with van der Waals surface area (Å²) in [4.78, 5) is 56.7. The fourth-order valence-corrected chi connectivity index (χ4v) is 6.57. The predicted octanol–water partition coefficient (Wildman–Crippen LogP) is 3.62. The molecule has 1 aromatic carbocycles. The third-order valence-corrected chi connectivity index (χ3v) is 8.93. The van der Waals surface area contributed by atoms with E-state index in [1.807, 2.05) is 21.6 Å². The Kier molecular flexibility index (Phi) is 6.76. The first kappa shape index (κ1) is 27.0. The van der Waals surface area contributed by atoms with Crippen molar-refractivity contribution >= 4 is 40.2 Å². The number of hydrogen-bond acceptors (Lipinski definition) is 8. The number of nitrogens with zero attached hydrogens (tertiary/aromatic N) is 7. The Balaban J connectivity index is 1.16. The minimum atomic E-state index is -1.05. The van der Waals surface area contributed by atoms with Crippen molar-refractivity contribution in [2.24, 2.45) is 0 Å². The van der Waals surface area contributed by atoms with E-state index in [1.54, 1.807) is 30.2 Å². The average Bonchev–Trinajstić information content (AvgIpc) is 3.82. The van der Waals surface area contributed by atoms with Crippen LogP contribution >= 0.6 is 11.3 Å². The number of carbonyl (C=O) groups excluding carboxylic acids is 2. The summed E-state index contributed by atoms with van der Waals surface area (Å²) in [5, 5.41) is 14.1. The van der Waals surface area contributed by atoms with Crippen LogP contribution in [0.3, 0.4) is 0 Å². The van der Waals surface area contributed by atoms with Gasteiger partial charge in [0.1, 0.15) is 11.6 Å². The van der Waals surface area contributed by atoms with E-state index in [9.17, 15) is 19.5 Å². The number of hydrogen-bond donors (Lipinski definition) is 2. The van der Waals surface area contributed by atoms with E-state index >= 15 is 4.39 Å². The van der Waals surface area contributed by atoms with Crippen molar-refractivity contribution in [3.05, 3.63) is 76.7 Å². The first-order chi connectivity index (χ1) is 20.9. The second-order valence-corrected chi connectivity index (χ2v) is 11.6. The second kappa shape index (κ2) is 10.8. The van der Waals surface area contributed by atoms with Gasteiger partial charge in [0.15, 0.2) is 11.2 Å². The largest absolute Gasteiger partial charge is 0.465 e. The summed E-state index contributed by atoms with van der Waals surface area (Å²) in [5.74, 6) is -0.740. The normalized spacial score (nSPS) is 16.8. The standard InChI is InChI=1S/C29H27FN8O4S/c30-21-13-18(17-3-4-23(32-14-17)35-7-9-36(10-8-35)29(41)42)12-19-20(21)15-38(27(19)40)25(26(39)34-28-31-5-11-43-28)24-22-2-1-6-37(22)16-33-24/h3-5,11-14,16,25H,1-2,6-10,15H2,(H,41,42)(H,31,34,39). The number of imidazole rings is 1. The topological polar surface area (TPSA) is 137 Å². The van der Waals surface area contributed by atoms with E-state index in [-0.39, 0.29) is 17.7 Å². The molecule has 43 heavy (non-hydrogen) atoms. The van der Waals surface area contributed by atoms with Gasteiger partial charge in [-0.2, -0.15) is 0 Å². The molecule has 0 bridgehead atoms. The number of amides is 3. The third-order valence-electron chi connectivity index (χ3n) is 8.24. The van der Waals surface area contributed by atoms with Crippen molar-refractivity contribution in [1.29, 1.82) is 0 Å². The summed E-state index contributed by atoms with van der Waals surface area (Å²) < 4.78 is 17.6. The maximum absolute atomic E-state index is 15.6. The van der Waals surface area contributed by atoms with Crippen LogP contribution in [-0.4, -0.2) is 78.5 Å². The molecule has 1 atom stereocenters. The second-order valence-electron chi connectivity index (χ2n) is 10.7. The van der Waals surface area contributed by atoms with Gasteiger partial charge in [0.25, 0.3) is 11.8 Å². The highest BCUT2D eigenvalue weighted by Gasteiger charge is 2.42. The summed E-state index contributed by atoms with van der Waals surface area (Å²) >= 11 is 1.27. The highest BCUT2D eigenvalue weighted by molar-refractivity contribution is 7.13. The molecule has 1 saturated heterocycles. The number of carbonyl (C=O) groups is 3. The smallest absolute Gasteiger partial charge is 0.407 e. The van der Waals surface area contributed by atoms with Gasteiger partial charge in [-0.15, -0.1) is 11.3 Å². The molecule has 2 N–H and O–H groups in total. The number of pyridine rings is 1. The quantitative estimate of drug-likeness (QED) is 0.342. The Bertz CT molecular complexity index is 1720. The molecule has 1 fully saturated rings. The molecule has 7 rings (SSSR count). The van der Waals surface area contributed by atoms with E-state index in [0.717, 1.165) is 25.1 Å². The zero-order valence-electron chi connectivity index (χ0n) is 22.9. The lowest BCUT2D eigenvalue weighted by Gasteiger charge is -2.33. The molecule has 3 aliphatic rings. The number of piperazine rings is 1. The molecule has 0 spiro atoms. The number of aromatic nitrogens is 4. The van der Waals surface area contributed by atoms with Gasteiger partial charge in [-0.3, -0.25) is 14.9 Å². The molecule has 6 heterocycles. The van der Waals surface area contributed by atoms with Crippen LogP contribution in [0.5, 0.6) is 0 Å². The molecule has 1 unspecified atom stereocenters. The maximum atomic E-state index is 15.6. The molecule has 12 nitrogen and oxygen atoms in total. The molecule has 0 saturated carbocycles. The molecule has 4 aromatic rings. The number of nitrogens with one attached hydrogen (secondary N) is 1. The van der Waals surface area contributed by atoms with Crippen molar-refractivity contribution in [3.8, 4) is 11.1 Å². The van der Waals surface area contributed by atoms with Crippen molar-refractivity contribution in [2.75, 3.05) is 36.4 Å². The number of rotatable bonds is 6. The lowest BCUT2D eigenvalue weighted by Crippen LogP contribution is -2.48. The predicted molar refractivity (Wildman–Crippen MR) is 155 cm³/mol. The van der Waals surface area contributed by atoms with Crippen molar-refractivity contribution < 1.29 is 23.9 Å². The van der Waals surface area contributed by atoms with Gasteiger partial charge in [-0.25, -0.2) is 24.1 Å². The summed E-state index contributed by atoms with van der Waals surface area (Å²) in [6, 6.07) is 5.60. The van der Waals surface area contributed by atoms with Gasteiger partial charge in [-0.05, 0) is 42.7 Å². The van der Waals surface area contributed by atoms with Crippen molar-refractivity contribution in [2.45, 2.75) is 32.0 Å². The molecule has 0 radical (unpaired) electrons. The maximum Gasteiger partial charge on any atom is 0.407 e. The van der Waals surface area contributed by atoms with Crippen LogP contribution in [0.1, 0.15) is 39.8 Å². The van der Waals surface area contributed by atoms with Crippen LogP contribution in [-0.2, 0) is 24.3 Å². The summed E-state index contributed by atoms with van der Waals surface area (Å²) in [6.45, 7) is 2.54. The zero-order valence-corrected chi connectivity index (χ0v) is 23.8. The van der Waals surface area contributed by atoms with Crippen LogP contribution in [0.2, 0.25) is 0 Å². The number of fused-ring (bicyclic) bond motifs is 2. The van der Waals surface area contributed by atoms with Crippen LogP contribution in [0.4, 0.5) is 20.1 Å². The Morgan fingerprint density at radius 2 is 1.88 bits per heavy atom. The van der Waals surface area contributed by atoms with Crippen molar-refractivity contribution in [1.82, 2.24) is 29.3 Å². The number of carboxylic acid groups (broad SMARTS) is 1. The van der Waals surface area contributed by atoms with Gasteiger partial charge in [0.2, 0.25) is 0 Å². The van der Waals surface area contributed by atoms with Crippen LogP contribution in [0.25, 0.3) is 11.1 Å². The summed E-state index contributed by atoms with van der Waals surface area (Å²) in [6.07, 6.45) is 5.62. The van der Waals surface area contributed by atoms with Gasteiger partial charge >= 0.3 is 6.09 Å². The highest BCUT2D eigenvalue weighted by atomic mass is 32.1. The Morgan fingerprint density at radius 1 is 1.05 bits per heavy atom. The first-order valence-electron chi connectivity index (χ1n) is 13.9. The van der Waals surface area contributed by atoms with Crippen LogP contribution in [0.15, 0.2) is 48.4 Å². The Morgan fingerprint density at radius 3 is 2.60 bits per heavy atom. The number of halogens is 1. The SMILES string of the molecule is O=C(Nc1nccs1)C(c1ncn2c1CCC2)N1Cc2c(F)cc(-c3ccc(N4CCN(C(=O)O)CC4)nc3)cc2C1=O. The Labute approximate surface area is 249 Å². The lowest BCUT2D eigenvalue weighted by atomic mass is 10.0. The highest BCUT2D eigenvalue weighted by Crippen LogP contribution is 2.38. The van der Waals surface area contributed by atoms with E-state index in [1.165, 1.54) is 27.2 Å². The molecule has 3 amide bonds. The fraction of sp³-hybridized carbons (Fsp3) is 0.310. The van der Waals surface area contributed by atoms with Crippen LogP contribution < -0.4 is 10.2 Å². The van der Waals surface area contributed by atoms with Gasteiger partial charge in [0, 0.05) is 72.9 Å². The minimum Gasteiger partial charge on any atom is -0.465 e. The van der Waals surface area contributed by atoms with Gasteiger partial charge < -0.3 is 24.4 Å². The minimum absolute atomic E-state index is 0.0674. The number of aryl methyl sites for hydroxylation is 1. The molecular weight excluding hydrogens is 575 g/mol. The monoisotopic (exact) mass is 602 g/mol. The molecular formula is C29H27FN8O4S. The third kappa shape index (κ3) is 4.86. The molecule has 3 aromatic heterocycles. The van der Waals surface area contributed by atoms with Crippen LogP contribution in [0, 0.1) is 5.82 Å². The van der Waals surface area contributed by atoms with E-state index in [2.05, 4.69) is 20.3 Å². The zero-order chi connectivity index (χ0) is 29.7. The first-order valence-corrected chi connectivity index (χ1v) is 14.8. The number of anilines is 2. The fourth-order valence-electron chi connectivity index (χ4n) is 6.04. The Hall–Kier alpha value is -4.85. The molecule has 0 aliphatic carbocycles. The number of benzene rings is 1.